The lowest BCUT2D eigenvalue weighted by molar-refractivity contribution is -0.144. The number of esters is 2. The summed E-state index contributed by atoms with van der Waals surface area (Å²) in [5.41, 5.74) is 0.816. The quantitative estimate of drug-likeness (QED) is 0.651. The minimum atomic E-state index is -1.05. The highest BCUT2D eigenvalue weighted by Gasteiger charge is 2.44. The normalized spacial score (nSPS) is 18.8. The molecule has 0 N–H and O–H groups in total. The molecule has 0 amide bonds. The van der Waals surface area contributed by atoms with E-state index in [1.807, 2.05) is 0 Å². The lowest BCUT2D eigenvalue weighted by Crippen LogP contribution is -2.37. The van der Waals surface area contributed by atoms with Crippen molar-refractivity contribution in [3.05, 3.63) is 64.6 Å². The highest BCUT2D eigenvalue weighted by Crippen LogP contribution is 2.44. The maximum absolute atomic E-state index is 15.0. The molecule has 2 unspecified atom stereocenters. The van der Waals surface area contributed by atoms with Gasteiger partial charge in [0.25, 0.3) is 0 Å². The van der Waals surface area contributed by atoms with E-state index in [1.54, 1.807) is 37.1 Å². The van der Waals surface area contributed by atoms with Crippen LogP contribution in [0, 0.1) is 11.7 Å². The van der Waals surface area contributed by atoms with Gasteiger partial charge in [0.05, 0.1) is 37.9 Å². The summed E-state index contributed by atoms with van der Waals surface area (Å²) in [4.78, 5) is 34.2. The van der Waals surface area contributed by atoms with Gasteiger partial charge >= 0.3 is 11.9 Å². The molecule has 2 atom stereocenters. The van der Waals surface area contributed by atoms with Crippen molar-refractivity contribution in [3.63, 3.8) is 0 Å². The van der Waals surface area contributed by atoms with Gasteiger partial charge in [-0.3, -0.25) is 9.79 Å². The predicted molar refractivity (Wildman–Crippen MR) is 109 cm³/mol. The zero-order valence-corrected chi connectivity index (χ0v) is 17.5. The Morgan fingerprint density at radius 1 is 1.33 bits per heavy atom. The Labute approximate surface area is 178 Å². The minimum absolute atomic E-state index is 0.0231. The molecule has 0 bridgehead atoms. The van der Waals surface area contributed by atoms with E-state index in [0.29, 0.717) is 11.4 Å². The van der Waals surface area contributed by atoms with Gasteiger partial charge in [0.1, 0.15) is 11.7 Å². The first-order chi connectivity index (χ1) is 14.4. The highest BCUT2D eigenvalue weighted by atomic mass is 35.5. The van der Waals surface area contributed by atoms with E-state index in [9.17, 15) is 14.0 Å². The molecule has 0 fully saturated rings. The number of aromatic nitrogens is 2. The van der Waals surface area contributed by atoms with Crippen LogP contribution in [0.2, 0.25) is 5.02 Å². The molecule has 1 aromatic carbocycles. The Bertz CT molecular complexity index is 997. The van der Waals surface area contributed by atoms with Gasteiger partial charge in [-0.15, -0.1) is 0 Å². The number of methoxy groups -OCH3 is 1. The predicted octanol–water partition coefficient (Wildman–Crippen LogP) is 3.54. The molecule has 1 aliphatic rings. The zero-order valence-electron chi connectivity index (χ0n) is 16.8. The van der Waals surface area contributed by atoms with E-state index in [-0.39, 0.29) is 29.3 Å². The summed E-state index contributed by atoms with van der Waals surface area (Å²) in [5.74, 6) is -4.07. The van der Waals surface area contributed by atoms with Crippen molar-refractivity contribution in [1.82, 2.24) is 9.55 Å². The Hall–Kier alpha value is -3.00. The van der Waals surface area contributed by atoms with Gasteiger partial charge in [0.15, 0.2) is 0 Å². The van der Waals surface area contributed by atoms with Gasteiger partial charge in [-0.1, -0.05) is 17.7 Å². The van der Waals surface area contributed by atoms with E-state index >= 15 is 0 Å². The summed E-state index contributed by atoms with van der Waals surface area (Å²) in [6, 6.07) is 4.20. The Morgan fingerprint density at radius 2 is 2.10 bits per heavy atom. The van der Waals surface area contributed by atoms with Crippen molar-refractivity contribution in [1.29, 1.82) is 0 Å². The van der Waals surface area contributed by atoms with E-state index in [0.717, 1.165) is 0 Å². The molecule has 7 nitrogen and oxygen atoms in total. The summed E-state index contributed by atoms with van der Waals surface area (Å²) in [7, 11) is 1.23. The summed E-state index contributed by atoms with van der Waals surface area (Å²) < 4.78 is 26.9. The second-order valence-electron chi connectivity index (χ2n) is 6.68. The van der Waals surface area contributed by atoms with Crippen LogP contribution < -0.4 is 0 Å². The van der Waals surface area contributed by atoms with Crippen LogP contribution in [-0.4, -0.2) is 40.9 Å². The average Bonchev–Trinajstić information content (AvgIpc) is 3.20. The van der Waals surface area contributed by atoms with Crippen molar-refractivity contribution in [2.45, 2.75) is 26.3 Å². The molecule has 0 aliphatic carbocycles. The number of carbonyl (C=O) groups excluding carboxylic acids is 2. The molecule has 0 radical (unpaired) electrons. The first-order valence-corrected chi connectivity index (χ1v) is 9.69. The molecular weight excluding hydrogens is 413 g/mol. The molecule has 158 valence electrons. The van der Waals surface area contributed by atoms with Crippen molar-refractivity contribution in [3.8, 4) is 0 Å². The highest BCUT2D eigenvalue weighted by molar-refractivity contribution is 6.31. The second-order valence-corrected chi connectivity index (χ2v) is 7.09. The number of benzene rings is 1. The van der Waals surface area contributed by atoms with E-state index in [2.05, 4.69) is 9.98 Å². The summed E-state index contributed by atoms with van der Waals surface area (Å²) in [5, 5.41) is 0.0902. The van der Waals surface area contributed by atoms with Crippen LogP contribution in [0.25, 0.3) is 0 Å². The molecule has 2 heterocycles. The van der Waals surface area contributed by atoms with E-state index in [4.69, 9.17) is 21.1 Å². The third-order valence-corrected chi connectivity index (χ3v) is 5.20. The fourth-order valence-corrected chi connectivity index (χ4v) is 3.89. The first-order valence-electron chi connectivity index (χ1n) is 9.31. The number of hydrogen-bond acceptors (Lipinski definition) is 6. The second kappa shape index (κ2) is 9.21. The summed E-state index contributed by atoms with van der Waals surface area (Å²) >= 11 is 6.34. The Morgan fingerprint density at radius 3 is 2.70 bits per heavy atom. The standard InChI is InChI=1S/C21H21ClFN3O4/c1-4-30-21(28)18-15(10-26-9-8-24-11-26)25-12(2)16(20(27)29-3)19(18)17-13(22)6-5-7-14(17)23/h5-9,11,16,19H,4,10H2,1-3H3. The number of allylic oxidation sites excluding steroid dienone is 1. The van der Waals surface area contributed by atoms with Crippen LogP contribution in [-0.2, 0) is 25.6 Å². The molecule has 1 aromatic heterocycles. The molecule has 1 aliphatic heterocycles. The summed E-state index contributed by atoms with van der Waals surface area (Å²) in [6.45, 7) is 3.58. The number of rotatable bonds is 6. The lowest BCUT2D eigenvalue weighted by Gasteiger charge is -2.32. The van der Waals surface area contributed by atoms with Crippen LogP contribution in [0.3, 0.4) is 0 Å². The van der Waals surface area contributed by atoms with Crippen LogP contribution in [0.5, 0.6) is 0 Å². The smallest absolute Gasteiger partial charge is 0.336 e. The van der Waals surface area contributed by atoms with E-state index < -0.39 is 29.6 Å². The van der Waals surface area contributed by atoms with Gasteiger partial charge < -0.3 is 14.0 Å². The van der Waals surface area contributed by atoms with Crippen LogP contribution in [0.15, 0.2) is 53.2 Å². The fourth-order valence-electron chi connectivity index (χ4n) is 3.61. The van der Waals surface area contributed by atoms with Crippen molar-refractivity contribution >= 4 is 29.3 Å². The van der Waals surface area contributed by atoms with Crippen molar-refractivity contribution in [2.75, 3.05) is 13.7 Å². The van der Waals surface area contributed by atoms with E-state index in [1.165, 1.54) is 25.3 Å². The van der Waals surface area contributed by atoms with Crippen molar-refractivity contribution in [2.24, 2.45) is 10.9 Å². The van der Waals surface area contributed by atoms with Crippen LogP contribution in [0.1, 0.15) is 25.3 Å². The van der Waals surface area contributed by atoms with Crippen molar-refractivity contribution < 1.29 is 23.5 Å². The molecule has 3 rings (SSSR count). The number of carbonyl (C=O) groups is 2. The largest absolute Gasteiger partial charge is 0.468 e. The Kier molecular flexibility index (Phi) is 6.66. The van der Waals surface area contributed by atoms with Gasteiger partial charge in [0.2, 0.25) is 0 Å². The monoisotopic (exact) mass is 433 g/mol. The maximum Gasteiger partial charge on any atom is 0.336 e. The fraction of sp³-hybridized carbons (Fsp3) is 0.333. The maximum atomic E-state index is 15.0. The van der Waals surface area contributed by atoms with Crippen LogP contribution in [0.4, 0.5) is 4.39 Å². The Balaban J connectivity index is 2.28. The summed E-state index contributed by atoms with van der Waals surface area (Å²) in [6.07, 6.45) is 4.86. The van der Waals surface area contributed by atoms with Gasteiger partial charge in [-0.2, -0.15) is 0 Å². The lowest BCUT2D eigenvalue weighted by atomic mass is 9.75. The minimum Gasteiger partial charge on any atom is -0.468 e. The first kappa shape index (κ1) is 21.7. The number of hydrogen-bond donors (Lipinski definition) is 0. The molecule has 9 heteroatoms. The average molecular weight is 434 g/mol. The van der Waals surface area contributed by atoms with Gasteiger partial charge in [0, 0.05) is 34.6 Å². The third-order valence-electron chi connectivity index (χ3n) is 4.87. The zero-order chi connectivity index (χ0) is 21.8. The molecular formula is C21H21ClFN3O4. The molecule has 0 saturated heterocycles. The molecule has 0 saturated carbocycles. The number of nitrogens with zero attached hydrogens (tertiary/aromatic N) is 3. The molecule has 2 aromatic rings. The topological polar surface area (TPSA) is 82.8 Å². The van der Waals surface area contributed by atoms with Crippen LogP contribution >= 0.6 is 11.6 Å². The number of imidazole rings is 1. The van der Waals surface area contributed by atoms with Gasteiger partial charge in [-0.25, -0.2) is 14.2 Å². The molecule has 30 heavy (non-hydrogen) atoms. The SMILES string of the molecule is CCOC(=O)C1=C(Cn2ccnc2)N=C(C)C(C(=O)OC)C1c1c(F)cccc1Cl. The number of halogens is 2. The molecule has 0 spiro atoms. The third kappa shape index (κ3) is 4.14. The van der Waals surface area contributed by atoms with Gasteiger partial charge in [-0.05, 0) is 26.0 Å². The number of ether oxygens (including phenoxy) is 2. The number of aliphatic imine (C=N–C) groups is 1.